The van der Waals surface area contributed by atoms with E-state index >= 15 is 0 Å². The molecule has 0 saturated heterocycles. The number of benzene rings is 1. The van der Waals surface area contributed by atoms with Crippen LogP contribution in [0.3, 0.4) is 0 Å². The summed E-state index contributed by atoms with van der Waals surface area (Å²) in [5.41, 5.74) is 0.480. The van der Waals surface area contributed by atoms with E-state index in [1.165, 1.54) is 6.07 Å². The minimum Gasteiger partial charge on any atom is -0.351 e. The fourth-order valence-electron chi connectivity index (χ4n) is 1.76. The number of hydrogen-bond donors (Lipinski definition) is 1. The highest BCUT2D eigenvalue weighted by molar-refractivity contribution is 6.30. The fraction of sp³-hybridized carbons (Fsp3) is 0.538. The van der Waals surface area contributed by atoms with Crippen LogP contribution in [0, 0.1) is 5.82 Å². The highest BCUT2D eigenvalue weighted by atomic mass is 35.5. The van der Waals surface area contributed by atoms with Crippen LogP contribution in [0.1, 0.15) is 25.5 Å². The molecule has 102 valence electrons. The number of halogens is 2. The summed E-state index contributed by atoms with van der Waals surface area (Å²) in [5, 5.41) is 3.39. The van der Waals surface area contributed by atoms with Crippen LogP contribution in [0.15, 0.2) is 18.2 Å². The third-order valence-corrected chi connectivity index (χ3v) is 2.78. The van der Waals surface area contributed by atoms with Crippen molar-refractivity contribution >= 4 is 11.6 Å². The molecular weight excluding hydrogens is 257 g/mol. The Hall–Kier alpha value is -0.680. The number of ether oxygens (including phenoxy) is 2. The van der Waals surface area contributed by atoms with E-state index in [1.54, 1.807) is 19.2 Å². The van der Waals surface area contributed by atoms with Crippen molar-refractivity contribution in [2.45, 2.75) is 26.2 Å². The summed E-state index contributed by atoms with van der Waals surface area (Å²) < 4.78 is 24.9. The molecule has 1 N–H and O–H groups in total. The molecule has 1 unspecified atom stereocenters. The standard InChI is InChI=1S/C13H19ClFNO2/c1-4-17-13(18-5-2)12(16-3)10-7-6-9(14)8-11(10)15/h6-8,12-13,16H,4-5H2,1-3H3. The minimum absolute atomic E-state index is 0.369. The molecule has 0 aliphatic heterocycles. The summed E-state index contributed by atoms with van der Waals surface area (Å²) in [7, 11) is 1.74. The largest absolute Gasteiger partial charge is 0.351 e. The van der Waals surface area contributed by atoms with Gasteiger partial charge >= 0.3 is 0 Å². The van der Waals surface area contributed by atoms with E-state index in [2.05, 4.69) is 5.32 Å². The number of hydrogen-bond acceptors (Lipinski definition) is 3. The van der Waals surface area contributed by atoms with Crippen LogP contribution >= 0.6 is 11.6 Å². The number of rotatable bonds is 7. The van der Waals surface area contributed by atoms with Gasteiger partial charge in [0, 0.05) is 23.8 Å². The third kappa shape index (κ3) is 3.92. The van der Waals surface area contributed by atoms with Crippen molar-refractivity contribution in [2.75, 3.05) is 20.3 Å². The van der Waals surface area contributed by atoms with E-state index < -0.39 is 6.29 Å². The van der Waals surface area contributed by atoms with E-state index in [1.807, 2.05) is 13.8 Å². The second-order valence-corrected chi connectivity index (χ2v) is 4.15. The van der Waals surface area contributed by atoms with Gasteiger partial charge in [-0.05, 0) is 33.0 Å². The maximum atomic E-state index is 13.9. The second-order valence-electron chi connectivity index (χ2n) is 3.71. The first-order valence-electron chi connectivity index (χ1n) is 5.99. The van der Waals surface area contributed by atoms with Crippen LogP contribution in [0.25, 0.3) is 0 Å². The molecular formula is C13H19ClFNO2. The average molecular weight is 276 g/mol. The van der Waals surface area contributed by atoms with Gasteiger partial charge in [-0.3, -0.25) is 0 Å². The summed E-state index contributed by atoms with van der Waals surface area (Å²) in [4.78, 5) is 0. The summed E-state index contributed by atoms with van der Waals surface area (Å²) in [6.45, 7) is 4.74. The van der Waals surface area contributed by atoms with Crippen molar-refractivity contribution in [3.63, 3.8) is 0 Å². The molecule has 0 bridgehead atoms. The van der Waals surface area contributed by atoms with Gasteiger partial charge in [-0.1, -0.05) is 17.7 Å². The Bertz CT molecular complexity index is 370. The number of nitrogens with one attached hydrogen (secondary N) is 1. The van der Waals surface area contributed by atoms with Gasteiger partial charge in [0.05, 0.1) is 6.04 Å². The highest BCUT2D eigenvalue weighted by Crippen LogP contribution is 2.25. The zero-order valence-corrected chi connectivity index (χ0v) is 11.6. The van der Waals surface area contributed by atoms with E-state index in [4.69, 9.17) is 21.1 Å². The predicted octanol–water partition coefficient (Wildman–Crippen LogP) is 3.14. The molecule has 0 radical (unpaired) electrons. The Morgan fingerprint density at radius 1 is 1.28 bits per heavy atom. The van der Waals surface area contributed by atoms with Crippen molar-refractivity contribution in [3.05, 3.63) is 34.6 Å². The molecule has 0 fully saturated rings. The lowest BCUT2D eigenvalue weighted by Crippen LogP contribution is -2.34. The maximum Gasteiger partial charge on any atom is 0.176 e. The van der Waals surface area contributed by atoms with Crippen molar-refractivity contribution in [1.29, 1.82) is 0 Å². The molecule has 1 rings (SSSR count). The first-order valence-corrected chi connectivity index (χ1v) is 6.37. The minimum atomic E-state index is -0.527. The summed E-state index contributed by atoms with van der Waals surface area (Å²) >= 11 is 5.74. The van der Waals surface area contributed by atoms with E-state index in [0.717, 1.165) is 0 Å². The first kappa shape index (κ1) is 15.4. The molecule has 3 nitrogen and oxygen atoms in total. The molecule has 1 aromatic rings. The van der Waals surface area contributed by atoms with E-state index in [9.17, 15) is 4.39 Å². The fourth-order valence-corrected chi connectivity index (χ4v) is 1.92. The van der Waals surface area contributed by atoms with Gasteiger partial charge in [0.1, 0.15) is 5.82 Å². The Labute approximate surface area is 112 Å². The average Bonchev–Trinajstić information content (AvgIpc) is 2.33. The van der Waals surface area contributed by atoms with Crippen LogP contribution < -0.4 is 5.32 Å². The predicted molar refractivity (Wildman–Crippen MR) is 70.3 cm³/mol. The zero-order valence-electron chi connectivity index (χ0n) is 10.9. The first-order chi connectivity index (χ1) is 8.63. The van der Waals surface area contributed by atoms with Gasteiger partial charge < -0.3 is 14.8 Å². The van der Waals surface area contributed by atoms with E-state index in [-0.39, 0.29) is 11.9 Å². The van der Waals surface area contributed by atoms with Gasteiger partial charge in [0.2, 0.25) is 0 Å². The van der Waals surface area contributed by atoms with Crippen LogP contribution in [0.5, 0.6) is 0 Å². The molecule has 0 aliphatic rings. The smallest absolute Gasteiger partial charge is 0.176 e. The van der Waals surface area contributed by atoms with Crippen LogP contribution in [-0.2, 0) is 9.47 Å². The Morgan fingerprint density at radius 3 is 2.33 bits per heavy atom. The Kier molecular flexibility index (Phi) is 6.57. The van der Waals surface area contributed by atoms with Gasteiger partial charge in [0.15, 0.2) is 6.29 Å². The molecule has 0 amide bonds. The Morgan fingerprint density at radius 2 is 1.89 bits per heavy atom. The van der Waals surface area contributed by atoms with Crippen LogP contribution in [0.4, 0.5) is 4.39 Å². The van der Waals surface area contributed by atoms with E-state index in [0.29, 0.717) is 23.8 Å². The molecule has 0 heterocycles. The molecule has 18 heavy (non-hydrogen) atoms. The lowest BCUT2D eigenvalue weighted by Gasteiger charge is -2.27. The monoisotopic (exact) mass is 275 g/mol. The Balaban J connectivity index is 2.98. The van der Waals surface area contributed by atoms with Crippen molar-refractivity contribution in [2.24, 2.45) is 0 Å². The molecule has 5 heteroatoms. The lowest BCUT2D eigenvalue weighted by atomic mass is 10.1. The van der Waals surface area contributed by atoms with Crippen LogP contribution in [-0.4, -0.2) is 26.6 Å². The third-order valence-electron chi connectivity index (χ3n) is 2.54. The van der Waals surface area contributed by atoms with Gasteiger partial charge in [-0.25, -0.2) is 4.39 Å². The van der Waals surface area contributed by atoms with Gasteiger partial charge in [-0.2, -0.15) is 0 Å². The summed E-state index contributed by atoms with van der Waals surface area (Å²) in [6, 6.07) is 4.21. The number of likely N-dealkylation sites (N-methyl/N-ethyl adjacent to an activating group) is 1. The summed E-state index contributed by atoms with van der Waals surface area (Å²) in [6.07, 6.45) is -0.527. The molecule has 1 aromatic carbocycles. The summed E-state index contributed by atoms with van der Waals surface area (Å²) in [5.74, 6) is -0.369. The van der Waals surface area contributed by atoms with Crippen LogP contribution in [0.2, 0.25) is 5.02 Å². The molecule has 0 aliphatic carbocycles. The highest BCUT2D eigenvalue weighted by Gasteiger charge is 2.25. The van der Waals surface area contributed by atoms with Gasteiger partial charge in [-0.15, -0.1) is 0 Å². The van der Waals surface area contributed by atoms with Gasteiger partial charge in [0.25, 0.3) is 0 Å². The quantitative estimate of drug-likeness (QED) is 0.776. The molecule has 0 aromatic heterocycles. The lowest BCUT2D eigenvalue weighted by molar-refractivity contribution is -0.154. The molecule has 0 saturated carbocycles. The molecule has 0 spiro atoms. The van der Waals surface area contributed by atoms with Crippen molar-refractivity contribution in [1.82, 2.24) is 5.32 Å². The normalized spacial score (nSPS) is 13.0. The maximum absolute atomic E-state index is 13.9. The molecule has 1 atom stereocenters. The SMILES string of the molecule is CCOC(OCC)C(NC)c1ccc(Cl)cc1F. The van der Waals surface area contributed by atoms with Crippen molar-refractivity contribution in [3.8, 4) is 0 Å². The van der Waals surface area contributed by atoms with Crippen molar-refractivity contribution < 1.29 is 13.9 Å². The zero-order chi connectivity index (χ0) is 13.5. The topological polar surface area (TPSA) is 30.5 Å². The second kappa shape index (κ2) is 7.69.